The lowest BCUT2D eigenvalue weighted by molar-refractivity contribution is -0.138. The van der Waals surface area contributed by atoms with E-state index in [4.69, 9.17) is 15.9 Å². The summed E-state index contributed by atoms with van der Waals surface area (Å²) >= 11 is 0. The molecule has 1 rings (SSSR count). The van der Waals surface area contributed by atoms with Gasteiger partial charge in [-0.3, -0.25) is 5.41 Å². The molecule has 0 unspecified atom stereocenters. The van der Waals surface area contributed by atoms with Gasteiger partial charge in [-0.2, -0.15) is 13.2 Å². The Bertz CT molecular complexity index is 402. The summed E-state index contributed by atoms with van der Waals surface area (Å²) in [4.78, 5) is 0. The maximum atomic E-state index is 12.6. The van der Waals surface area contributed by atoms with Crippen LogP contribution in [0.2, 0.25) is 0 Å². The Morgan fingerprint density at radius 2 is 2.06 bits per heavy atom. The van der Waals surface area contributed by atoms with Crippen LogP contribution < -0.4 is 10.5 Å². The quantitative estimate of drug-likeness (QED) is 0.620. The predicted octanol–water partition coefficient (Wildman–Crippen LogP) is 2.19. The Kier molecular flexibility index (Phi) is 3.41. The molecular formula is C10H11F3N2O. The minimum Gasteiger partial charge on any atom is -0.497 e. The van der Waals surface area contributed by atoms with Crippen molar-refractivity contribution >= 4 is 5.84 Å². The molecule has 0 spiro atoms. The number of hydrogen-bond donors (Lipinski definition) is 2. The Labute approximate surface area is 90.5 Å². The van der Waals surface area contributed by atoms with Gasteiger partial charge in [0.05, 0.1) is 18.5 Å². The second-order valence-electron chi connectivity index (χ2n) is 3.22. The van der Waals surface area contributed by atoms with Gasteiger partial charge >= 0.3 is 6.18 Å². The number of benzene rings is 1. The van der Waals surface area contributed by atoms with E-state index < -0.39 is 11.7 Å². The highest BCUT2D eigenvalue weighted by Gasteiger charge is 2.33. The van der Waals surface area contributed by atoms with E-state index in [1.54, 1.807) is 0 Å². The van der Waals surface area contributed by atoms with Crippen LogP contribution in [0.15, 0.2) is 18.2 Å². The number of ether oxygens (including phenoxy) is 1. The summed E-state index contributed by atoms with van der Waals surface area (Å²) in [7, 11) is 1.29. The number of alkyl halides is 3. The fourth-order valence-electron chi connectivity index (χ4n) is 1.31. The average molecular weight is 232 g/mol. The molecule has 3 nitrogen and oxygen atoms in total. The van der Waals surface area contributed by atoms with Crippen molar-refractivity contribution in [2.45, 2.75) is 12.6 Å². The molecule has 0 bridgehead atoms. The van der Waals surface area contributed by atoms with Crippen LogP contribution in [0.4, 0.5) is 13.2 Å². The molecule has 6 heteroatoms. The van der Waals surface area contributed by atoms with Gasteiger partial charge in [-0.15, -0.1) is 0 Å². The van der Waals surface area contributed by atoms with Crippen molar-refractivity contribution in [2.75, 3.05) is 7.11 Å². The number of rotatable bonds is 3. The molecule has 0 aliphatic heterocycles. The van der Waals surface area contributed by atoms with Crippen LogP contribution in [-0.2, 0) is 12.6 Å². The second kappa shape index (κ2) is 4.42. The van der Waals surface area contributed by atoms with Crippen LogP contribution in [0, 0.1) is 5.41 Å². The summed E-state index contributed by atoms with van der Waals surface area (Å²) in [5.74, 6) is -0.185. The molecule has 0 fully saturated rings. The topological polar surface area (TPSA) is 59.1 Å². The van der Waals surface area contributed by atoms with Gasteiger partial charge in [-0.25, -0.2) is 0 Å². The highest BCUT2D eigenvalue weighted by atomic mass is 19.4. The van der Waals surface area contributed by atoms with E-state index in [9.17, 15) is 13.2 Å². The first kappa shape index (κ1) is 12.4. The van der Waals surface area contributed by atoms with Gasteiger partial charge in [0.2, 0.25) is 0 Å². The molecule has 0 aromatic heterocycles. The van der Waals surface area contributed by atoms with Gasteiger partial charge in [-0.05, 0) is 17.7 Å². The molecule has 16 heavy (non-hydrogen) atoms. The number of hydrogen-bond acceptors (Lipinski definition) is 2. The molecule has 0 radical (unpaired) electrons. The van der Waals surface area contributed by atoms with Crippen molar-refractivity contribution < 1.29 is 17.9 Å². The minimum atomic E-state index is -4.47. The van der Waals surface area contributed by atoms with Crippen molar-refractivity contribution in [1.29, 1.82) is 5.41 Å². The van der Waals surface area contributed by atoms with Gasteiger partial charge in [0.25, 0.3) is 0 Å². The standard InChI is InChI=1S/C10H11F3N2O/c1-16-7-3-2-6(4-9(14)15)8(5-7)10(11,12)13/h2-3,5H,4H2,1H3,(H3,14,15). The highest BCUT2D eigenvalue weighted by Crippen LogP contribution is 2.34. The van der Waals surface area contributed by atoms with Crippen molar-refractivity contribution in [3.05, 3.63) is 29.3 Å². The Morgan fingerprint density at radius 3 is 2.50 bits per heavy atom. The molecule has 0 aliphatic rings. The first-order valence-corrected chi connectivity index (χ1v) is 4.41. The zero-order valence-electron chi connectivity index (χ0n) is 8.56. The molecule has 0 amide bonds. The predicted molar refractivity (Wildman–Crippen MR) is 53.6 cm³/mol. The maximum absolute atomic E-state index is 12.6. The maximum Gasteiger partial charge on any atom is 0.416 e. The molecule has 0 heterocycles. The van der Waals surface area contributed by atoms with Crippen molar-refractivity contribution in [2.24, 2.45) is 5.73 Å². The van der Waals surface area contributed by atoms with E-state index >= 15 is 0 Å². The number of halogens is 3. The van der Waals surface area contributed by atoms with Gasteiger partial charge in [0.1, 0.15) is 5.75 Å². The lowest BCUT2D eigenvalue weighted by Crippen LogP contribution is -2.17. The zero-order chi connectivity index (χ0) is 12.3. The molecule has 0 aliphatic carbocycles. The van der Waals surface area contributed by atoms with Gasteiger partial charge < -0.3 is 10.5 Å². The molecule has 88 valence electrons. The molecule has 0 saturated heterocycles. The molecule has 0 saturated carbocycles. The van der Waals surface area contributed by atoms with Crippen molar-refractivity contribution in [3.8, 4) is 5.75 Å². The summed E-state index contributed by atoms with van der Waals surface area (Å²) in [5.41, 5.74) is 4.25. The normalized spacial score (nSPS) is 11.2. The van der Waals surface area contributed by atoms with E-state index in [1.807, 2.05) is 0 Å². The number of amidine groups is 1. The smallest absolute Gasteiger partial charge is 0.416 e. The van der Waals surface area contributed by atoms with Gasteiger partial charge in [0, 0.05) is 6.42 Å². The van der Waals surface area contributed by atoms with E-state index in [1.165, 1.54) is 19.2 Å². The Balaban J connectivity index is 3.22. The minimum absolute atomic E-state index is 0.0270. The van der Waals surface area contributed by atoms with Crippen LogP contribution in [0.3, 0.4) is 0 Å². The fraction of sp³-hybridized carbons (Fsp3) is 0.300. The lowest BCUT2D eigenvalue weighted by Gasteiger charge is -2.13. The van der Waals surface area contributed by atoms with E-state index in [0.717, 1.165) is 6.07 Å². The molecule has 0 atom stereocenters. The largest absolute Gasteiger partial charge is 0.497 e. The first-order chi connectivity index (χ1) is 7.34. The van der Waals surface area contributed by atoms with Crippen LogP contribution in [0.1, 0.15) is 11.1 Å². The van der Waals surface area contributed by atoms with E-state index in [0.29, 0.717) is 0 Å². The third-order valence-corrected chi connectivity index (χ3v) is 2.00. The lowest BCUT2D eigenvalue weighted by atomic mass is 10.0. The van der Waals surface area contributed by atoms with E-state index in [-0.39, 0.29) is 23.6 Å². The van der Waals surface area contributed by atoms with Gasteiger partial charge in [-0.1, -0.05) is 6.07 Å². The molecule has 3 N–H and O–H groups in total. The summed E-state index contributed by atoms with van der Waals surface area (Å²) < 4.78 is 42.7. The first-order valence-electron chi connectivity index (χ1n) is 4.41. The zero-order valence-corrected chi connectivity index (χ0v) is 8.56. The summed E-state index contributed by atoms with van der Waals surface area (Å²) in [6.07, 6.45) is -4.70. The molecule has 1 aromatic rings. The van der Waals surface area contributed by atoms with Crippen LogP contribution in [0.25, 0.3) is 0 Å². The molecule has 1 aromatic carbocycles. The Hall–Kier alpha value is -1.72. The van der Waals surface area contributed by atoms with E-state index in [2.05, 4.69) is 0 Å². The number of nitrogens with one attached hydrogen (secondary N) is 1. The average Bonchev–Trinajstić information content (AvgIpc) is 2.15. The van der Waals surface area contributed by atoms with Crippen LogP contribution in [0.5, 0.6) is 5.75 Å². The summed E-state index contributed by atoms with van der Waals surface area (Å²) in [5, 5.41) is 7.01. The molecular weight excluding hydrogens is 221 g/mol. The number of methoxy groups -OCH3 is 1. The van der Waals surface area contributed by atoms with Crippen LogP contribution >= 0.6 is 0 Å². The fourth-order valence-corrected chi connectivity index (χ4v) is 1.31. The third-order valence-electron chi connectivity index (χ3n) is 2.00. The monoisotopic (exact) mass is 232 g/mol. The van der Waals surface area contributed by atoms with Crippen molar-refractivity contribution in [1.82, 2.24) is 0 Å². The van der Waals surface area contributed by atoms with Crippen molar-refractivity contribution in [3.63, 3.8) is 0 Å². The summed E-state index contributed by atoms with van der Waals surface area (Å²) in [6, 6.07) is 3.58. The van der Waals surface area contributed by atoms with Crippen LogP contribution in [-0.4, -0.2) is 12.9 Å². The van der Waals surface area contributed by atoms with Gasteiger partial charge in [0.15, 0.2) is 0 Å². The number of nitrogens with two attached hydrogens (primary N) is 1. The highest BCUT2D eigenvalue weighted by molar-refractivity contribution is 5.80. The third kappa shape index (κ3) is 2.88. The summed E-state index contributed by atoms with van der Waals surface area (Å²) in [6.45, 7) is 0. The Morgan fingerprint density at radius 1 is 1.44 bits per heavy atom. The SMILES string of the molecule is COc1ccc(CC(=N)N)c(C(F)(F)F)c1. The second-order valence-corrected chi connectivity index (χ2v) is 3.22.